The highest BCUT2D eigenvalue weighted by Gasteiger charge is 2.34. The standard InChI is InChI=1S/C12H18ClN3/c1-2-5-10-11(12(14)16-15-10)8-6-3-4-7-9(8)13/h3-4,6-7,10-12,15-16H,2,5,14H2,1H3. The number of benzene rings is 1. The zero-order valence-corrected chi connectivity index (χ0v) is 10.2. The van der Waals surface area contributed by atoms with Crippen molar-refractivity contribution < 1.29 is 0 Å². The lowest BCUT2D eigenvalue weighted by molar-refractivity contribution is 0.485. The lowest BCUT2D eigenvalue weighted by Crippen LogP contribution is -2.38. The first-order chi connectivity index (χ1) is 7.74. The van der Waals surface area contributed by atoms with E-state index in [1.807, 2.05) is 18.2 Å². The summed E-state index contributed by atoms with van der Waals surface area (Å²) in [5, 5.41) is 0.801. The summed E-state index contributed by atoms with van der Waals surface area (Å²) < 4.78 is 0. The molecule has 0 aliphatic carbocycles. The Labute approximate surface area is 101 Å². The number of hydrogen-bond acceptors (Lipinski definition) is 3. The molecule has 0 spiro atoms. The molecule has 1 aliphatic heterocycles. The minimum atomic E-state index is -0.0727. The maximum Gasteiger partial charge on any atom is 0.0764 e. The Balaban J connectivity index is 2.26. The molecule has 0 saturated carbocycles. The van der Waals surface area contributed by atoms with Gasteiger partial charge in [0.15, 0.2) is 0 Å². The number of nitrogens with one attached hydrogen (secondary N) is 2. The SMILES string of the molecule is CCCC1NNC(N)C1c1ccccc1Cl. The number of hydrogen-bond donors (Lipinski definition) is 3. The van der Waals surface area contributed by atoms with Crippen LogP contribution in [-0.2, 0) is 0 Å². The van der Waals surface area contributed by atoms with Gasteiger partial charge in [-0.05, 0) is 18.1 Å². The van der Waals surface area contributed by atoms with Gasteiger partial charge in [0, 0.05) is 17.0 Å². The zero-order valence-electron chi connectivity index (χ0n) is 9.41. The quantitative estimate of drug-likeness (QED) is 0.756. The van der Waals surface area contributed by atoms with Gasteiger partial charge in [0.25, 0.3) is 0 Å². The van der Waals surface area contributed by atoms with Crippen LogP contribution in [0.1, 0.15) is 31.2 Å². The second kappa shape index (κ2) is 5.15. The first-order valence-electron chi connectivity index (χ1n) is 5.75. The van der Waals surface area contributed by atoms with Crippen LogP contribution in [0.2, 0.25) is 5.02 Å². The van der Waals surface area contributed by atoms with Crippen molar-refractivity contribution in [2.45, 2.75) is 37.9 Å². The number of halogens is 1. The summed E-state index contributed by atoms with van der Waals surface area (Å²) in [7, 11) is 0. The fraction of sp³-hybridized carbons (Fsp3) is 0.500. The molecule has 0 amide bonds. The van der Waals surface area contributed by atoms with Crippen molar-refractivity contribution in [3.63, 3.8) is 0 Å². The number of rotatable bonds is 3. The molecule has 1 aliphatic rings. The van der Waals surface area contributed by atoms with Gasteiger partial charge in [-0.1, -0.05) is 43.1 Å². The summed E-state index contributed by atoms with van der Waals surface area (Å²) in [5.41, 5.74) is 13.5. The molecule has 1 saturated heterocycles. The van der Waals surface area contributed by atoms with Crippen LogP contribution >= 0.6 is 11.6 Å². The summed E-state index contributed by atoms with van der Waals surface area (Å²) in [6.45, 7) is 2.18. The maximum absolute atomic E-state index is 6.22. The average molecular weight is 240 g/mol. The lowest BCUT2D eigenvalue weighted by atomic mass is 9.88. The van der Waals surface area contributed by atoms with Gasteiger partial charge in [-0.2, -0.15) is 0 Å². The van der Waals surface area contributed by atoms with E-state index < -0.39 is 0 Å². The fourth-order valence-corrected chi connectivity index (χ4v) is 2.61. The predicted molar refractivity (Wildman–Crippen MR) is 67.1 cm³/mol. The molecule has 16 heavy (non-hydrogen) atoms. The molecule has 0 aromatic heterocycles. The molecule has 4 N–H and O–H groups in total. The van der Waals surface area contributed by atoms with Crippen LogP contribution < -0.4 is 16.6 Å². The van der Waals surface area contributed by atoms with E-state index in [9.17, 15) is 0 Å². The van der Waals surface area contributed by atoms with Crippen molar-refractivity contribution in [2.75, 3.05) is 0 Å². The highest BCUT2D eigenvalue weighted by Crippen LogP contribution is 2.32. The van der Waals surface area contributed by atoms with E-state index in [0.29, 0.717) is 6.04 Å². The van der Waals surface area contributed by atoms with Gasteiger partial charge in [0.1, 0.15) is 0 Å². The highest BCUT2D eigenvalue weighted by atomic mass is 35.5. The van der Waals surface area contributed by atoms with Crippen molar-refractivity contribution in [2.24, 2.45) is 5.73 Å². The van der Waals surface area contributed by atoms with Crippen LogP contribution in [0, 0.1) is 0 Å². The van der Waals surface area contributed by atoms with Crippen molar-refractivity contribution >= 4 is 11.6 Å². The summed E-state index contributed by atoms with van der Waals surface area (Å²) in [4.78, 5) is 0. The Morgan fingerprint density at radius 3 is 2.75 bits per heavy atom. The van der Waals surface area contributed by atoms with E-state index in [0.717, 1.165) is 23.4 Å². The van der Waals surface area contributed by atoms with Gasteiger partial charge < -0.3 is 5.73 Å². The molecule has 1 heterocycles. The maximum atomic E-state index is 6.22. The molecule has 3 atom stereocenters. The number of nitrogens with two attached hydrogens (primary N) is 1. The third-order valence-electron chi connectivity index (χ3n) is 3.12. The van der Waals surface area contributed by atoms with Crippen LogP contribution in [0.15, 0.2) is 24.3 Å². The zero-order chi connectivity index (χ0) is 11.5. The van der Waals surface area contributed by atoms with E-state index in [4.69, 9.17) is 17.3 Å². The van der Waals surface area contributed by atoms with E-state index in [2.05, 4.69) is 23.8 Å². The molecule has 4 heteroatoms. The van der Waals surface area contributed by atoms with Gasteiger partial charge in [-0.25, -0.2) is 5.43 Å². The van der Waals surface area contributed by atoms with Gasteiger partial charge in [0.2, 0.25) is 0 Å². The molecule has 0 bridgehead atoms. The van der Waals surface area contributed by atoms with Gasteiger partial charge in [0.05, 0.1) is 6.17 Å². The molecule has 3 unspecified atom stereocenters. The van der Waals surface area contributed by atoms with Gasteiger partial charge in [-0.3, -0.25) is 5.43 Å². The average Bonchev–Trinajstić information content (AvgIpc) is 2.62. The number of hydrazine groups is 1. The molecule has 2 rings (SSSR count). The third kappa shape index (κ3) is 2.23. The summed E-state index contributed by atoms with van der Waals surface area (Å²) in [6.07, 6.45) is 2.15. The highest BCUT2D eigenvalue weighted by molar-refractivity contribution is 6.31. The van der Waals surface area contributed by atoms with Crippen LogP contribution in [0.3, 0.4) is 0 Å². The Kier molecular flexibility index (Phi) is 3.82. The van der Waals surface area contributed by atoms with E-state index >= 15 is 0 Å². The van der Waals surface area contributed by atoms with Crippen LogP contribution in [0.5, 0.6) is 0 Å². The molecule has 0 radical (unpaired) electrons. The minimum Gasteiger partial charge on any atom is -0.314 e. The molecule has 88 valence electrons. The first kappa shape index (κ1) is 11.9. The smallest absolute Gasteiger partial charge is 0.0764 e. The normalized spacial score (nSPS) is 29.6. The van der Waals surface area contributed by atoms with Crippen LogP contribution in [0.4, 0.5) is 0 Å². The van der Waals surface area contributed by atoms with E-state index in [1.165, 1.54) is 0 Å². The van der Waals surface area contributed by atoms with Crippen LogP contribution in [0.25, 0.3) is 0 Å². The van der Waals surface area contributed by atoms with Crippen molar-refractivity contribution in [1.82, 2.24) is 10.9 Å². The lowest BCUT2D eigenvalue weighted by Gasteiger charge is -2.21. The first-order valence-corrected chi connectivity index (χ1v) is 6.13. The monoisotopic (exact) mass is 239 g/mol. The second-order valence-electron chi connectivity index (χ2n) is 4.26. The van der Waals surface area contributed by atoms with E-state index in [-0.39, 0.29) is 12.1 Å². The van der Waals surface area contributed by atoms with Crippen LogP contribution in [-0.4, -0.2) is 12.2 Å². The largest absolute Gasteiger partial charge is 0.314 e. The molecule has 1 aromatic carbocycles. The Morgan fingerprint density at radius 2 is 2.06 bits per heavy atom. The van der Waals surface area contributed by atoms with Gasteiger partial charge in [-0.15, -0.1) is 0 Å². The van der Waals surface area contributed by atoms with Crippen molar-refractivity contribution in [3.8, 4) is 0 Å². The van der Waals surface area contributed by atoms with E-state index in [1.54, 1.807) is 0 Å². The summed E-state index contributed by atoms with van der Waals surface area (Å²) >= 11 is 6.22. The summed E-state index contributed by atoms with van der Waals surface area (Å²) in [5.74, 6) is 0.244. The molecular formula is C12H18ClN3. The molecule has 1 aromatic rings. The Hall–Kier alpha value is -0.610. The molecular weight excluding hydrogens is 222 g/mol. The summed E-state index contributed by atoms with van der Waals surface area (Å²) in [6, 6.07) is 8.30. The Bertz CT molecular complexity index is 354. The Morgan fingerprint density at radius 1 is 1.31 bits per heavy atom. The topological polar surface area (TPSA) is 50.1 Å². The van der Waals surface area contributed by atoms with Crippen molar-refractivity contribution in [3.05, 3.63) is 34.9 Å². The molecule has 3 nitrogen and oxygen atoms in total. The minimum absolute atomic E-state index is 0.0727. The predicted octanol–water partition coefficient (Wildman–Crippen LogP) is 1.98. The molecule has 1 fully saturated rings. The fourth-order valence-electron chi connectivity index (χ4n) is 2.35. The third-order valence-corrected chi connectivity index (χ3v) is 3.46. The van der Waals surface area contributed by atoms with Gasteiger partial charge >= 0.3 is 0 Å². The second-order valence-corrected chi connectivity index (χ2v) is 4.66. The van der Waals surface area contributed by atoms with Crippen molar-refractivity contribution in [1.29, 1.82) is 0 Å².